The maximum Gasteiger partial charge on any atom is 0.390 e. The number of rotatable bonds is 8. The molecule has 360 valence electrons. The van der Waals surface area contributed by atoms with Crippen molar-refractivity contribution in [2.45, 2.75) is 59.9 Å². The van der Waals surface area contributed by atoms with Crippen molar-refractivity contribution in [1.29, 1.82) is 0 Å². The molecule has 0 aromatic heterocycles. The molecule has 4 heterocycles. The lowest BCUT2D eigenvalue weighted by Gasteiger charge is -2.45. The van der Waals surface area contributed by atoms with Crippen LogP contribution in [0.1, 0.15) is 48.9 Å². The van der Waals surface area contributed by atoms with E-state index in [1.54, 1.807) is 72.8 Å². The number of sulfonamides is 2. The van der Waals surface area contributed by atoms with Crippen LogP contribution >= 0.6 is 23.2 Å². The third-order valence-corrected chi connectivity index (χ3v) is 16.8. The van der Waals surface area contributed by atoms with Crippen molar-refractivity contribution < 1.29 is 52.8 Å². The molecule has 6 aromatic rings. The molecular formula is C50H36Cl2F6N4O6S2. The molecule has 2 spiro atoms. The van der Waals surface area contributed by atoms with E-state index in [1.807, 2.05) is 0 Å². The molecule has 0 unspecified atom stereocenters. The number of alkyl halides is 6. The number of carbonyl (C=O) groups is 2. The monoisotopic (exact) mass is 1040 g/mol. The Kier molecular flexibility index (Phi) is 11.6. The molecule has 0 N–H and O–H groups in total. The Balaban J connectivity index is 0.000000174. The number of aliphatic imine (C=N–C) groups is 2. The van der Waals surface area contributed by atoms with E-state index in [0.717, 1.165) is 26.0 Å². The fourth-order valence-corrected chi connectivity index (χ4v) is 13.5. The van der Waals surface area contributed by atoms with Gasteiger partial charge in [-0.15, -0.1) is 0 Å². The lowest BCUT2D eigenvalue weighted by Crippen LogP contribution is -2.58. The second-order valence-corrected chi connectivity index (χ2v) is 21.9. The highest BCUT2D eigenvalue weighted by Gasteiger charge is 2.74. The molecule has 0 radical (unpaired) electrons. The summed E-state index contributed by atoms with van der Waals surface area (Å²) in [7, 11) is -9.19. The van der Waals surface area contributed by atoms with Gasteiger partial charge in [-0.1, -0.05) is 132 Å². The van der Waals surface area contributed by atoms with Gasteiger partial charge in [-0.25, -0.2) is 25.4 Å². The topological polar surface area (TPSA) is 134 Å². The fraction of sp³-hybridized carbons (Fsp3) is 0.200. The predicted molar refractivity (Wildman–Crippen MR) is 252 cm³/mol. The van der Waals surface area contributed by atoms with E-state index >= 15 is 0 Å². The molecule has 0 bridgehead atoms. The number of carbonyl (C=O) groups excluding carboxylic acids is 2. The molecular weight excluding hydrogens is 1000 g/mol. The molecule has 0 saturated carbocycles. The molecule has 10 rings (SSSR count). The zero-order valence-electron chi connectivity index (χ0n) is 36.5. The number of fused-ring (bicyclic) bond motifs is 4. The maximum atomic E-state index is 14.0. The number of nitrogens with zero attached hydrogens (tertiary/aromatic N) is 4. The average Bonchev–Trinajstić information content (AvgIpc) is 4.23. The molecule has 6 aromatic carbocycles. The van der Waals surface area contributed by atoms with Crippen molar-refractivity contribution in [3.05, 3.63) is 190 Å². The summed E-state index contributed by atoms with van der Waals surface area (Å²) in [6, 6.07) is 39.8. The Hall–Kier alpha value is -6.34. The van der Waals surface area contributed by atoms with Gasteiger partial charge in [0.05, 0.1) is 56.3 Å². The van der Waals surface area contributed by atoms with E-state index in [9.17, 15) is 52.8 Å². The second kappa shape index (κ2) is 16.6. The third kappa shape index (κ3) is 7.70. The SMILES string of the molecule is C[C@]1(CC(F)(F)F)C(=O)N(S(=O)(=O)c2cccc(Cl)c2)c2ccccc2[C@]12N=C2c1ccccc1.C[C@]1(CC(F)(F)F)C(=O)N(S(=O)(=O)c2cccc(Cl)c2)c2ccccc2[C@]12N=C2c1ccccc1. The Morgan fingerprint density at radius 3 is 1.14 bits per heavy atom. The van der Waals surface area contributed by atoms with Gasteiger partial charge in [-0.05, 0) is 73.5 Å². The van der Waals surface area contributed by atoms with Crippen LogP contribution in [0.3, 0.4) is 0 Å². The lowest BCUT2D eigenvalue weighted by atomic mass is 9.63. The summed E-state index contributed by atoms with van der Waals surface area (Å²) < 4.78 is 139. The maximum absolute atomic E-state index is 14.0. The van der Waals surface area contributed by atoms with Crippen molar-refractivity contribution in [3.8, 4) is 0 Å². The summed E-state index contributed by atoms with van der Waals surface area (Å²) in [5.41, 5.74) is -5.70. The van der Waals surface area contributed by atoms with Gasteiger partial charge in [0.1, 0.15) is 11.1 Å². The van der Waals surface area contributed by atoms with Crippen LogP contribution in [0, 0.1) is 10.8 Å². The predicted octanol–water partition coefficient (Wildman–Crippen LogP) is 11.5. The Labute approximate surface area is 408 Å². The molecule has 0 saturated heterocycles. The fourth-order valence-electron chi connectivity index (χ4n) is 9.80. The largest absolute Gasteiger partial charge is 0.390 e. The summed E-state index contributed by atoms with van der Waals surface area (Å²) in [4.78, 5) is 36.3. The van der Waals surface area contributed by atoms with Crippen LogP contribution in [0.25, 0.3) is 0 Å². The van der Waals surface area contributed by atoms with Crippen LogP contribution in [0.15, 0.2) is 178 Å². The van der Waals surface area contributed by atoms with E-state index < -0.39 is 79.0 Å². The first kappa shape index (κ1) is 48.7. The van der Waals surface area contributed by atoms with Crippen LogP contribution in [-0.4, -0.2) is 52.4 Å². The summed E-state index contributed by atoms with van der Waals surface area (Å²) in [6.45, 7) is 2.28. The van der Waals surface area contributed by atoms with Crippen molar-refractivity contribution in [3.63, 3.8) is 0 Å². The van der Waals surface area contributed by atoms with Gasteiger partial charge in [0.2, 0.25) is 0 Å². The third-order valence-electron chi connectivity index (χ3n) is 13.0. The highest BCUT2D eigenvalue weighted by Crippen LogP contribution is 2.66. The van der Waals surface area contributed by atoms with Crippen molar-refractivity contribution in [2.24, 2.45) is 20.8 Å². The number of benzene rings is 6. The minimum absolute atomic E-state index is 0.0354. The summed E-state index contributed by atoms with van der Waals surface area (Å²) >= 11 is 12.0. The van der Waals surface area contributed by atoms with Crippen molar-refractivity contribution >= 4 is 77.9 Å². The number of halogens is 8. The molecule has 0 aliphatic carbocycles. The van der Waals surface area contributed by atoms with Crippen LogP contribution in [0.5, 0.6) is 0 Å². The van der Waals surface area contributed by atoms with Gasteiger partial charge in [-0.2, -0.15) is 26.3 Å². The van der Waals surface area contributed by atoms with Gasteiger partial charge in [-0.3, -0.25) is 19.6 Å². The number of hydrogen-bond donors (Lipinski definition) is 0. The highest BCUT2D eigenvalue weighted by molar-refractivity contribution is 7.94. The molecule has 20 heteroatoms. The van der Waals surface area contributed by atoms with Crippen LogP contribution in [-0.2, 0) is 40.7 Å². The van der Waals surface area contributed by atoms with Gasteiger partial charge >= 0.3 is 12.4 Å². The van der Waals surface area contributed by atoms with Crippen molar-refractivity contribution in [2.75, 3.05) is 8.61 Å². The summed E-state index contributed by atoms with van der Waals surface area (Å²) in [5.74, 6) is -2.41. The van der Waals surface area contributed by atoms with E-state index in [4.69, 9.17) is 23.2 Å². The zero-order chi connectivity index (χ0) is 50.5. The van der Waals surface area contributed by atoms with Gasteiger partial charge in [0, 0.05) is 21.2 Å². The van der Waals surface area contributed by atoms with Crippen molar-refractivity contribution in [1.82, 2.24) is 0 Å². The molecule has 4 aliphatic rings. The number of amides is 2. The standard InChI is InChI=1S/2C25H18ClF3N2O3S/c2*1-23(15-24(27,28)29)22(32)31(35(33,34)18-11-7-10-17(26)14-18)20-13-6-5-12-19(20)25(23)21(30-25)16-8-3-2-4-9-16/h2*2-14H,15H2,1H3/t2*23-,25+/m00/s1. The first-order chi connectivity index (χ1) is 32.8. The Bertz CT molecular complexity index is 3210. The first-order valence-electron chi connectivity index (χ1n) is 21.2. The number of hydrogen-bond acceptors (Lipinski definition) is 8. The number of anilines is 2. The van der Waals surface area contributed by atoms with E-state index in [2.05, 4.69) is 9.98 Å². The van der Waals surface area contributed by atoms with Crippen LogP contribution in [0.2, 0.25) is 10.0 Å². The average molecular weight is 1040 g/mol. The minimum atomic E-state index is -4.77. The number of para-hydroxylation sites is 2. The Morgan fingerprint density at radius 1 is 0.486 bits per heavy atom. The van der Waals surface area contributed by atoms with Crippen LogP contribution < -0.4 is 8.61 Å². The van der Waals surface area contributed by atoms with Crippen LogP contribution in [0.4, 0.5) is 37.7 Å². The van der Waals surface area contributed by atoms with Gasteiger partial charge < -0.3 is 0 Å². The molecule has 2 amide bonds. The summed E-state index contributed by atoms with van der Waals surface area (Å²) in [6.07, 6.45) is -12.7. The normalized spacial score (nSPS) is 23.7. The molecule has 10 nitrogen and oxygen atoms in total. The quantitative estimate of drug-likeness (QED) is 0.139. The van der Waals surface area contributed by atoms with Gasteiger partial charge in [0.25, 0.3) is 31.9 Å². The smallest absolute Gasteiger partial charge is 0.273 e. The van der Waals surface area contributed by atoms with E-state index in [-0.39, 0.29) is 42.3 Å². The summed E-state index contributed by atoms with van der Waals surface area (Å²) in [5, 5.41) is 0.213. The van der Waals surface area contributed by atoms with Gasteiger partial charge in [0.15, 0.2) is 0 Å². The van der Waals surface area contributed by atoms with E-state index in [0.29, 0.717) is 31.2 Å². The second-order valence-electron chi connectivity index (χ2n) is 17.4. The lowest BCUT2D eigenvalue weighted by molar-refractivity contribution is -0.169. The molecule has 0 fully saturated rings. The first-order valence-corrected chi connectivity index (χ1v) is 24.8. The van der Waals surface area contributed by atoms with E-state index in [1.165, 1.54) is 72.8 Å². The molecule has 4 aliphatic heterocycles. The zero-order valence-corrected chi connectivity index (χ0v) is 39.6. The minimum Gasteiger partial charge on any atom is -0.273 e. The Morgan fingerprint density at radius 2 is 0.814 bits per heavy atom. The molecule has 4 atom stereocenters. The highest BCUT2D eigenvalue weighted by atomic mass is 35.5. The molecule has 70 heavy (non-hydrogen) atoms.